The van der Waals surface area contributed by atoms with Gasteiger partial charge in [-0.3, -0.25) is 19.7 Å². The summed E-state index contributed by atoms with van der Waals surface area (Å²) in [4.78, 5) is 37.4. The van der Waals surface area contributed by atoms with Gasteiger partial charge in [0, 0.05) is 10.6 Å². The largest absolute Gasteiger partial charge is 0.481 e. The highest BCUT2D eigenvalue weighted by Crippen LogP contribution is 2.54. The van der Waals surface area contributed by atoms with Crippen molar-refractivity contribution >= 4 is 46.7 Å². The first-order valence-corrected chi connectivity index (χ1v) is 8.86. The van der Waals surface area contributed by atoms with Crippen LogP contribution in [0.1, 0.15) is 5.56 Å². The predicted molar refractivity (Wildman–Crippen MR) is 95.5 cm³/mol. The van der Waals surface area contributed by atoms with Gasteiger partial charge in [-0.1, -0.05) is 35.9 Å². The number of ether oxygens (including phenoxy) is 1. The monoisotopic (exact) mass is 452 g/mol. The van der Waals surface area contributed by atoms with Gasteiger partial charge in [-0.15, -0.1) is 0 Å². The highest BCUT2D eigenvalue weighted by Gasteiger charge is 2.71. The summed E-state index contributed by atoms with van der Waals surface area (Å²) in [7, 11) is 0. The average Bonchev–Trinajstić information content (AvgIpc) is 3.11. The van der Waals surface area contributed by atoms with Crippen LogP contribution < -0.4 is 10.6 Å². The fourth-order valence-corrected chi connectivity index (χ4v) is 4.35. The molecule has 2 aliphatic rings. The molecule has 3 rings (SSSR count). The van der Waals surface area contributed by atoms with Gasteiger partial charge in [-0.25, -0.2) is 0 Å². The zero-order valence-electron chi connectivity index (χ0n) is 14.3. The molecular formula is C17H13Cl2F3N2O5. The summed E-state index contributed by atoms with van der Waals surface area (Å²) in [5.41, 5.74) is -2.63. The van der Waals surface area contributed by atoms with E-state index >= 15 is 0 Å². The van der Waals surface area contributed by atoms with Gasteiger partial charge in [0.2, 0.25) is 5.91 Å². The first-order chi connectivity index (χ1) is 13.4. The number of benzene rings is 1. The van der Waals surface area contributed by atoms with Crippen LogP contribution in [0.15, 0.2) is 24.8 Å². The number of hydrogen-bond donors (Lipinski definition) is 3. The van der Waals surface area contributed by atoms with Crippen LogP contribution in [-0.4, -0.2) is 41.8 Å². The smallest absolute Gasteiger partial charge is 0.404 e. The molecule has 12 heteroatoms. The first-order valence-electron chi connectivity index (χ1n) is 8.10. The minimum absolute atomic E-state index is 0.0213. The van der Waals surface area contributed by atoms with Crippen molar-refractivity contribution in [1.29, 1.82) is 0 Å². The van der Waals surface area contributed by atoms with Crippen molar-refractivity contribution in [2.24, 2.45) is 11.8 Å². The third-order valence-corrected chi connectivity index (χ3v) is 5.40. The molecule has 0 radical (unpaired) electrons. The van der Waals surface area contributed by atoms with Crippen LogP contribution in [0.25, 0.3) is 0 Å². The van der Waals surface area contributed by atoms with E-state index in [-0.39, 0.29) is 27.9 Å². The molecule has 1 aromatic carbocycles. The number of amides is 1. The molecule has 1 fully saturated rings. The van der Waals surface area contributed by atoms with E-state index in [1.54, 1.807) is 0 Å². The number of nitrogens with one attached hydrogen (secondary N) is 2. The van der Waals surface area contributed by atoms with E-state index in [2.05, 4.69) is 11.9 Å². The predicted octanol–water partition coefficient (Wildman–Crippen LogP) is 2.72. The Kier molecular flexibility index (Phi) is 5.31. The Morgan fingerprint density at radius 1 is 1.34 bits per heavy atom. The molecule has 0 bridgehead atoms. The number of fused-ring (bicyclic) bond motifs is 2. The molecule has 4 atom stereocenters. The van der Waals surface area contributed by atoms with Crippen LogP contribution in [0.5, 0.6) is 0 Å². The van der Waals surface area contributed by atoms with Gasteiger partial charge in [0.1, 0.15) is 24.1 Å². The maximum Gasteiger partial charge on any atom is 0.404 e. The van der Waals surface area contributed by atoms with E-state index in [4.69, 9.17) is 27.9 Å². The lowest BCUT2D eigenvalue weighted by molar-refractivity contribution is -0.178. The molecular weight excluding hydrogens is 440 g/mol. The number of esters is 1. The molecule has 1 saturated heterocycles. The maximum atomic E-state index is 13.7. The number of halogens is 5. The van der Waals surface area contributed by atoms with Gasteiger partial charge >= 0.3 is 18.1 Å². The highest BCUT2D eigenvalue weighted by molar-refractivity contribution is 6.38. The number of rotatable bonds is 4. The van der Waals surface area contributed by atoms with Crippen molar-refractivity contribution in [2.45, 2.75) is 17.8 Å². The van der Waals surface area contributed by atoms with E-state index in [0.29, 0.717) is 0 Å². The minimum atomic E-state index is -5.09. The molecule has 2 heterocycles. The molecule has 29 heavy (non-hydrogen) atoms. The molecule has 0 aliphatic carbocycles. The first kappa shape index (κ1) is 21.4. The fourth-order valence-electron chi connectivity index (χ4n) is 3.81. The third kappa shape index (κ3) is 3.24. The van der Waals surface area contributed by atoms with Crippen molar-refractivity contribution in [1.82, 2.24) is 5.32 Å². The van der Waals surface area contributed by atoms with Crippen LogP contribution in [0.2, 0.25) is 10.0 Å². The summed E-state index contributed by atoms with van der Waals surface area (Å²) >= 11 is 12.0. The van der Waals surface area contributed by atoms with E-state index < -0.39 is 47.4 Å². The summed E-state index contributed by atoms with van der Waals surface area (Å²) in [6, 6.07) is -0.313. The van der Waals surface area contributed by atoms with Crippen LogP contribution >= 0.6 is 23.2 Å². The van der Waals surface area contributed by atoms with Gasteiger partial charge < -0.3 is 15.2 Å². The number of carbonyl (C=O) groups excluding carboxylic acids is 2. The van der Waals surface area contributed by atoms with E-state index in [0.717, 1.165) is 12.1 Å². The Bertz CT molecular complexity index is 923. The van der Waals surface area contributed by atoms with Gasteiger partial charge in [-0.2, -0.15) is 13.2 Å². The number of hydrogen-bond acceptors (Lipinski definition) is 5. The average molecular weight is 453 g/mol. The summed E-state index contributed by atoms with van der Waals surface area (Å²) in [6.07, 6.45) is -3.94. The lowest BCUT2D eigenvalue weighted by atomic mass is 9.75. The third-order valence-electron chi connectivity index (χ3n) is 4.88. The minimum Gasteiger partial charge on any atom is -0.481 e. The van der Waals surface area contributed by atoms with Gasteiger partial charge in [0.15, 0.2) is 0 Å². The fraction of sp³-hybridized carbons (Fsp3) is 0.353. The van der Waals surface area contributed by atoms with Gasteiger partial charge in [0.25, 0.3) is 0 Å². The zero-order chi connectivity index (χ0) is 21.7. The summed E-state index contributed by atoms with van der Waals surface area (Å²) in [5, 5.41) is 13.8. The maximum absolute atomic E-state index is 13.7. The highest BCUT2D eigenvalue weighted by atomic mass is 35.5. The summed E-state index contributed by atoms with van der Waals surface area (Å²) in [5.74, 6) is -8.71. The van der Waals surface area contributed by atoms with Crippen molar-refractivity contribution in [3.8, 4) is 0 Å². The van der Waals surface area contributed by atoms with Crippen molar-refractivity contribution in [2.75, 3.05) is 11.9 Å². The Balaban J connectivity index is 2.28. The summed E-state index contributed by atoms with van der Waals surface area (Å²) < 4.78 is 45.9. The second-order valence-electron chi connectivity index (χ2n) is 6.50. The quantitative estimate of drug-likeness (QED) is 0.479. The molecule has 7 nitrogen and oxygen atoms in total. The lowest BCUT2D eigenvalue weighted by Crippen LogP contribution is -2.53. The van der Waals surface area contributed by atoms with Crippen LogP contribution in [0.3, 0.4) is 0 Å². The van der Waals surface area contributed by atoms with Crippen molar-refractivity contribution in [3.05, 3.63) is 40.4 Å². The Hall–Kier alpha value is -2.30. The van der Waals surface area contributed by atoms with Crippen molar-refractivity contribution < 1.29 is 37.4 Å². The standard InChI is InChI=1S/C17H13Cl2F3N2O5/c1-2-3-29-14(27)10-9(13(25)26)12(17(20,21)22)24-16(10)7-4-6(18)5-8(19)11(7)23-15(16)28/h2,4-5,9-10,12,24H,1,3H2,(H,23,28)(H,25,26)/t9-,10-,12+,16?/m1/s1. The molecule has 3 N–H and O–H groups in total. The molecule has 2 aliphatic heterocycles. The molecule has 1 spiro atoms. The number of carboxylic acid groups (broad SMARTS) is 1. The van der Waals surface area contributed by atoms with E-state index in [9.17, 15) is 32.7 Å². The second kappa shape index (κ2) is 7.19. The zero-order valence-corrected chi connectivity index (χ0v) is 15.9. The van der Waals surface area contributed by atoms with Crippen LogP contribution in [0.4, 0.5) is 18.9 Å². The molecule has 156 valence electrons. The van der Waals surface area contributed by atoms with Crippen LogP contribution in [0, 0.1) is 11.8 Å². The SMILES string of the molecule is C=CCOC(=O)[C@H]1[C@@H](C(=O)O)[C@@H](C(F)(F)F)NC12C(=O)Nc1c(Cl)cc(Cl)cc12. The summed E-state index contributed by atoms with van der Waals surface area (Å²) in [6.45, 7) is 2.94. The normalized spacial score (nSPS) is 28.2. The number of aliphatic carboxylic acids is 1. The number of carbonyl (C=O) groups is 3. The lowest BCUT2D eigenvalue weighted by Gasteiger charge is -2.29. The van der Waals surface area contributed by atoms with E-state index in [1.807, 2.05) is 5.32 Å². The number of carboxylic acids is 1. The number of alkyl halides is 3. The Labute approximate surface area is 171 Å². The van der Waals surface area contributed by atoms with Gasteiger partial charge in [0.05, 0.1) is 16.6 Å². The topological polar surface area (TPSA) is 105 Å². The van der Waals surface area contributed by atoms with Crippen LogP contribution in [-0.2, 0) is 24.7 Å². The molecule has 0 aromatic heterocycles. The second-order valence-corrected chi connectivity index (χ2v) is 7.34. The van der Waals surface area contributed by atoms with E-state index in [1.165, 1.54) is 6.07 Å². The number of anilines is 1. The molecule has 1 amide bonds. The molecule has 1 unspecified atom stereocenters. The molecule has 1 aromatic rings. The van der Waals surface area contributed by atoms with Crippen molar-refractivity contribution in [3.63, 3.8) is 0 Å². The molecule has 0 saturated carbocycles. The Morgan fingerprint density at radius 3 is 2.55 bits per heavy atom. The van der Waals surface area contributed by atoms with Gasteiger partial charge in [-0.05, 0) is 12.1 Å². The Morgan fingerprint density at radius 2 is 2.00 bits per heavy atom.